The SMILES string of the molecule is CCC(C)C(NC(=O)C(NC(=O)C(CCC(N)=O)NC(=O)C(N)CC(C)C)C(C)CC)C(=O)O. The molecule has 0 aromatic rings. The van der Waals surface area contributed by atoms with Gasteiger partial charge in [-0.3, -0.25) is 19.2 Å². The van der Waals surface area contributed by atoms with Crippen LogP contribution in [0.15, 0.2) is 0 Å². The van der Waals surface area contributed by atoms with E-state index in [9.17, 15) is 29.1 Å². The van der Waals surface area contributed by atoms with Crippen molar-refractivity contribution in [1.82, 2.24) is 16.0 Å². The predicted molar refractivity (Wildman–Crippen MR) is 128 cm³/mol. The number of carbonyl (C=O) groups is 5. The van der Waals surface area contributed by atoms with Crippen LogP contribution >= 0.6 is 0 Å². The van der Waals surface area contributed by atoms with Crippen LogP contribution in [0.5, 0.6) is 0 Å². The first-order valence-corrected chi connectivity index (χ1v) is 11.9. The van der Waals surface area contributed by atoms with E-state index in [0.717, 1.165) is 0 Å². The maximum atomic E-state index is 13.1. The number of carboxylic acids is 1. The Bertz CT molecular complexity index is 714. The fourth-order valence-corrected chi connectivity index (χ4v) is 3.33. The zero-order valence-electron chi connectivity index (χ0n) is 21.2. The number of nitrogens with two attached hydrogens (primary N) is 2. The Morgan fingerprint density at radius 3 is 1.74 bits per heavy atom. The minimum absolute atomic E-state index is 0.0687. The fourth-order valence-electron chi connectivity index (χ4n) is 3.33. The van der Waals surface area contributed by atoms with Gasteiger partial charge in [0.2, 0.25) is 23.6 Å². The number of rotatable bonds is 16. The predicted octanol–water partition coefficient (Wildman–Crippen LogP) is 0.257. The molecule has 4 amide bonds. The van der Waals surface area contributed by atoms with Crippen molar-refractivity contribution in [3.05, 3.63) is 0 Å². The Labute approximate surface area is 202 Å². The Kier molecular flexibility index (Phi) is 14.1. The van der Waals surface area contributed by atoms with Crippen LogP contribution in [0.3, 0.4) is 0 Å². The van der Waals surface area contributed by atoms with Gasteiger partial charge in [-0.05, 0) is 30.6 Å². The van der Waals surface area contributed by atoms with Crippen molar-refractivity contribution in [3.63, 3.8) is 0 Å². The molecule has 0 saturated heterocycles. The molecule has 0 aliphatic rings. The molecule has 6 atom stereocenters. The molecule has 0 saturated carbocycles. The van der Waals surface area contributed by atoms with Crippen LogP contribution in [0, 0.1) is 17.8 Å². The van der Waals surface area contributed by atoms with Crippen LogP contribution in [0.25, 0.3) is 0 Å². The zero-order chi connectivity index (χ0) is 26.6. The lowest BCUT2D eigenvalue weighted by Crippen LogP contribution is -2.59. The first-order chi connectivity index (χ1) is 15.7. The quantitative estimate of drug-likeness (QED) is 0.180. The highest BCUT2D eigenvalue weighted by Crippen LogP contribution is 2.13. The van der Waals surface area contributed by atoms with Crippen molar-refractivity contribution in [3.8, 4) is 0 Å². The van der Waals surface area contributed by atoms with E-state index < -0.39 is 53.8 Å². The van der Waals surface area contributed by atoms with Gasteiger partial charge in [0.15, 0.2) is 0 Å². The van der Waals surface area contributed by atoms with Gasteiger partial charge in [-0.2, -0.15) is 0 Å². The summed E-state index contributed by atoms with van der Waals surface area (Å²) in [6.45, 7) is 10.9. The number of carboxylic acid groups (broad SMARTS) is 1. The Hall–Kier alpha value is -2.69. The molecule has 0 aliphatic carbocycles. The highest BCUT2D eigenvalue weighted by molar-refractivity contribution is 5.94. The van der Waals surface area contributed by atoms with Gasteiger partial charge < -0.3 is 32.5 Å². The molecule has 0 rings (SSSR count). The number of nitrogens with one attached hydrogen (secondary N) is 3. The highest BCUT2D eigenvalue weighted by atomic mass is 16.4. The van der Waals surface area contributed by atoms with Gasteiger partial charge in [-0.15, -0.1) is 0 Å². The monoisotopic (exact) mass is 485 g/mol. The van der Waals surface area contributed by atoms with E-state index in [2.05, 4.69) is 16.0 Å². The van der Waals surface area contributed by atoms with E-state index in [1.807, 2.05) is 27.7 Å². The summed E-state index contributed by atoms with van der Waals surface area (Å²) in [5, 5.41) is 17.2. The zero-order valence-corrected chi connectivity index (χ0v) is 21.2. The molecule has 0 aromatic heterocycles. The first-order valence-electron chi connectivity index (χ1n) is 11.9. The molecule has 0 aromatic carbocycles. The van der Waals surface area contributed by atoms with Crippen molar-refractivity contribution >= 4 is 29.6 Å². The van der Waals surface area contributed by atoms with Crippen LogP contribution < -0.4 is 27.4 Å². The topological polar surface area (TPSA) is 194 Å². The number of carbonyl (C=O) groups excluding carboxylic acids is 4. The van der Waals surface area contributed by atoms with E-state index in [0.29, 0.717) is 19.3 Å². The average Bonchev–Trinajstić information content (AvgIpc) is 2.75. The van der Waals surface area contributed by atoms with Crippen LogP contribution in [-0.2, 0) is 24.0 Å². The van der Waals surface area contributed by atoms with Gasteiger partial charge in [0.05, 0.1) is 6.04 Å². The lowest BCUT2D eigenvalue weighted by atomic mass is 9.95. The largest absolute Gasteiger partial charge is 0.480 e. The molecular formula is C23H43N5O6. The molecule has 0 bridgehead atoms. The second-order valence-electron chi connectivity index (χ2n) is 9.38. The number of primary amides is 1. The van der Waals surface area contributed by atoms with E-state index in [4.69, 9.17) is 11.5 Å². The van der Waals surface area contributed by atoms with Gasteiger partial charge in [0, 0.05) is 6.42 Å². The summed E-state index contributed by atoms with van der Waals surface area (Å²) in [5.41, 5.74) is 11.1. The normalized spacial score (nSPS) is 16.5. The molecule has 6 unspecified atom stereocenters. The second kappa shape index (κ2) is 15.3. The maximum Gasteiger partial charge on any atom is 0.326 e. The lowest BCUT2D eigenvalue weighted by Gasteiger charge is -2.29. The molecule has 0 spiro atoms. The molecule has 0 aliphatic heterocycles. The second-order valence-corrected chi connectivity index (χ2v) is 9.38. The van der Waals surface area contributed by atoms with E-state index in [1.54, 1.807) is 13.8 Å². The van der Waals surface area contributed by atoms with Crippen molar-refractivity contribution < 1.29 is 29.1 Å². The van der Waals surface area contributed by atoms with Crippen LogP contribution in [0.1, 0.15) is 73.6 Å². The summed E-state index contributed by atoms with van der Waals surface area (Å²) >= 11 is 0. The Morgan fingerprint density at radius 2 is 1.29 bits per heavy atom. The molecule has 196 valence electrons. The number of hydrogen-bond acceptors (Lipinski definition) is 6. The Morgan fingerprint density at radius 1 is 0.794 bits per heavy atom. The summed E-state index contributed by atoms with van der Waals surface area (Å²) in [4.78, 5) is 61.5. The highest BCUT2D eigenvalue weighted by Gasteiger charge is 2.34. The molecule has 11 nitrogen and oxygen atoms in total. The standard InChI is InChI=1S/C23H43N5O6/c1-7-13(5)18(22(32)28-19(23(33)34)14(6)8-2)27-21(31)16(9-10-17(25)29)26-20(30)15(24)11-12(3)4/h12-16,18-19H,7-11,24H2,1-6H3,(H2,25,29)(H,26,30)(H,27,31)(H,28,32)(H,33,34). The lowest BCUT2D eigenvalue weighted by molar-refractivity contribution is -0.144. The minimum Gasteiger partial charge on any atom is -0.480 e. The maximum absolute atomic E-state index is 13.1. The first kappa shape index (κ1) is 31.3. The summed E-state index contributed by atoms with van der Waals surface area (Å²) in [6.07, 6.45) is 1.24. The van der Waals surface area contributed by atoms with Gasteiger partial charge in [-0.1, -0.05) is 54.4 Å². The van der Waals surface area contributed by atoms with Gasteiger partial charge in [-0.25, -0.2) is 4.79 Å². The summed E-state index contributed by atoms with van der Waals surface area (Å²) in [7, 11) is 0. The molecule has 0 fully saturated rings. The molecule has 11 heteroatoms. The average molecular weight is 486 g/mol. The smallest absolute Gasteiger partial charge is 0.326 e. The van der Waals surface area contributed by atoms with E-state index >= 15 is 0 Å². The van der Waals surface area contributed by atoms with Crippen LogP contribution in [0.2, 0.25) is 0 Å². The summed E-state index contributed by atoms with van der Waals surface area (Å²) in [5.74, 6) is -4.16. The van der Waals surface area contributed by atoms with E-state index in [-0.39, 0.29) is 30.6 Å². The summed E-state index contributed by atoms with van der Waals surface area (Å²) in [6, 6.07) is -4.13. The molecule has 0 heterocycles. The number of hydrogen-bond donors (Lipinski definition) is 6. The number of aliphatic carboxylic acids is 1. The van der Waals surface area contributed by atoms with Crippen LogP contribution in [0.4, 0.5) is 0 Å². The van der Waals surface area contributed by atoms with Crippen molar-refractivity contribution in [2.75, 3.05) is 0 Å². The van der Waals surface area contributed by atoms with Gasteiger partial charge in [0.1, 0.15) is 18.1 Å². The third-order valence-electron chi connectivity index (χ3n) is 5.94. The number of amides is 4. The third-order valence-corrected chi connectivity index (χ3v) is 5.94. The van der Waals surface area contributed by atoms with Crippen LogP contribution in [-0.4, -0.2) is 58.9 Å². The third kappa shape index (κ3) is 11.0. The Balaban J connectivity index is 5.66. The van der Waals surface area contributed by atoms with E-state index in [1.165, 1.54) is 0 Å². The molecular weight excluding hydrogens is 442 g/mol. The van der Waals surface area contributed by atoms with Gasteiger partial charge in [0.25, 0.3) is 0 Å². The molecule has 34 heavy (non-hydrogen) atoms. The molecule has 8 N–H and O–H groups in total. The van der Waals surface area contributed by atoms with Crippen molar-refractivity contribution in [2.45, 2.75) is 97.8 Å². The van der Waals surface area contributed by atoms with Crippen molar-refractivity contribution in [1.29, 1.82) is 0 Å². The van der Waals surface area contributed by atoms with Crippen molar-refractivity contribution in [2.24, 2.45) is 29.2 Å². The van der Waals surface area contributed by atoms with Gasteiger partial charge >= 0.3 is 5.97 Å². The minimum atomic E-state index is -1.16. The summed E-state index contributed by atoms with van der Waals surface area (Å²) < 4.78 is 0. The molecule has 0 radical (unpaired) electrons. The fraction of sp³-hybridized carbons (Fsp3) is 0.783.